The first-order valence-corrected chi connectivity index (χ1v) is 7.07. The van der Waals surface area contributed by atoms with Crippen LogP contribution in [0.4, 0.5) is 0 Å². The van der Waals surface area contributed by atoms with E-state index >= 15 is 0 Å². The lowest BCUT2D eigenvalue weighted by molar-refractivity contribution is -0.146. The quantitative estimate of drug-likeness (QED) is 0.672. The van der Waals surface area contributed by atoms with Crippen LogP contribution in [0.2, 0.25) is 0 Å². The molecule has 1 unspecified atom stereocenters. The number of hydrogen-bond donors (Lipinski definition) is 2. The third-order valence-electron chi connectivity index (χ3n) is 3.71. The molecule has 2 N–H and O–H groups in total. The highest BCUT2D eigenvalue weighted by Gasteiger charge is 2.39. The Bertz CT molecular complexity index is 375. The van der Waals surface area contributed by atoms with E-state index in [1.807, 2.05) is 18.2 Å². The van der Waals surface area contributed by atoms with E-state index in [2.05, 4.69) is 6.92 Å². The second kappa shape index (κ2) is 7.95. The topological polar surface area (TPSA) is 57.5 Å². The summed E-state index contributed by atoms with van der Waals surface area (Å²) >= 11 is 0. The van der Waals surface area contributed by atoms with E-state index in [1.165, 1.54) is 12.8 Å². The fourth-order valence-corrected chi connectivity index (χ4v) is 2.40. The van der Waals surface area contributed by atoms with Gasteiger partial charge in [-0.3, -0.25) is 4.79 Å². The Labute approximate surface area is 115 Å². The molecule has 0 saturated heterocycles. The Morgan fingerprint density at radius 3 is 2.26 bits per heavy atom. The molecule has 1 rings (SSSR count). The molecule has 0 aliphatic heterocycles. The second-order valence-electron chi connectivity index (χ2n) is 5.08. The standard InChI is InChI=1S/C16H24O3/c1-2-3-4-5-9-12-16(13-17,15(18)19)14-10-7-6-8-11-14/h6-8,10-11,17H,2-5,9,12-13H2,1H3,(H,18,19). The second-order valence-corrected chi connectivity index (χ2v) is 5.08. The summed E-state index contributed by atoms with van der Waals surface area (Å²) in [6, 6.07) is 9.07. The minimum Gasteiger partial charge on any atom is -0.481 e. The average Bonchev–Trinajstić information content (AvgIpc) is 2.44. The van der Waals surface area contributed by atoms with Gasteiger partial charge in [-0.25, -0.2) is 0 Å². The number of carboxylic acid groups (broad SMARTS) is 1. The molecule has 3 nitrogen and oxygen atoms in total. The molecule has 1 aromatic carbocycles. The first kappa shape index (κ1) is 15.7. The van der Waals surface area contributed by atoms with Crippen molar-refractivity contribution in [2.45, 2.75) is 50.9 Å². The molecule has 19 heavy (non-hydrogen) atoms. The Morgan fingerprint density at radius 1 is 1.11 bits per heavy atom. The summed E-state index contributed by atoms with van der Waals surface area (Å²) in [4.78, 5) is 11.6. The maximum Gasteiger partial charge on any atom is 0.316 e. The largest absolute Gasteiger partial charge is 0.481 e. The Hall–Kier alpha value is -1.35. The van der Waals surface area contributed by atoms with E-state index in [4.69, 9.17) is 0 Å². The number of unbranched alkanes of at least 4 members (excludes halogenated alkanes) is 4. The fraction of sp³-hybridized carbons (Fsp3) is 0.562. The zero-order valence-electron chi connectivity index (χ0n) is 11.6. The van der Waals surface area contributed by atoms with Gasteiger partial charge in [0.2, 0.25) is 0 Å². The first-order valence-electron chi connectivity index (χ1n) is 7.07. The van der Waals surface area contributed by atoms with E-state index < -0.39 is 11.4 Å². The molecule has 0 amide bonds. The minimum absolute atomic E-state index is 0.347. The maximum absolute atomic E-state index is 11.6. The highest BCUT2D eigenvalue weighted by Crippen LogP contribution is 2.30. The predicted molar refractivity (Wildman–Crippen MR) is 76.2 cm³/mol. The molecule has 0 heterocycles. The van der Waals surface area contributed by atoms with Gasteiger partial charge in [0.15, 0.2) is 0 Å². The van der Waals surface area contributed by atoms with Crippen molar-refractivity contribution in [3.63, 3.8) is 0 Å². The number of benzene rings is 1. The summed E-state index contributed by atoms with van der Waals surface area (Å²) in [7, 11) is 0. The Kier molecular flexibility index (Phi) is 6.57. The van der Waals surface area contributed by atoms with Gasteiger partial charge in [-0.2, -0.15) is 0 Å². The summed E-state index contributed by atoms with van der Waals surface area (Å²) in [5, 5.41) is 19.1. The van der Waals surface area contributed by atoms with Crippen LogP contribution in [0.1, 0.15) is 51.0 Å². The van der Waals surface area contributed by atoms with Gasteiger partial charge in [-0.15, -0.1) is 0 Å². The van der Waals surface area contributed by atoms with Crippen molar-refractivity contribution in [3.05, 3.63) is 35.9 Å². The molecule has 1 aromatic rings. The van der Waals surface area contributed by atoms with Gasteiger partial charge in [-0.05, 0) is 12.0 Å². The van der Waals surface area contributed by atoms with Gasteiger partial charge < -0.3 is 10.2 Å². The summed E-state index contributed by atoms with van der Waals surface area (Å²) in [5.41, 5.74) is -0.450. The molecule has 0 saturated carbocycles. The number of rotatable bonds is 9. The molecule has 0 spiro atoms. The SMILES string of the molecule is CCCCCCCC(CO)(C(=O)O)c1ccccc1. The van der Waals surface area contributed by atoms with E-state index in [1.54, 1.807) is 12.1 Å². The highest BCUT2D eigenvalue weighted by molar-refractivity contribution is 5.81. The number of carbonyl (C=O) groups is 1. The van der Waals surface area contributed by atoms with Gasteiger partial charge in [0.1, 0.15) is 5.41 Å². The molecular weight excluding hydrogens is 240 g/mol. The van der Waals surface area contributed by atoms with Crippen LogP contribution in [0.25, 0.3) is 0 Å². The summed E-state index contributed by atoms with van der Waals surface area (Å²) in [5.74, 6) is -0.934. The van der Waals surface area contributed by atoms with Gasteiger partial charge in [-0.1, -0.05) is 69.4 Å². The van der Waals surface area contributed by atoms with E-state index in [9.17, 15) is 15.0 Å². The number of hydrogen-bond acceptors (Lipinski definition) is 2. The molecule has 0 bridgehead atoms. The Morgan fingerprint density at radius 2 is 1.74 bits per heavy atom. The van der Waals surface area contributed by atoms with E-state index in [0.29, 0.717) is 12.0 Å². The lowest BCUT2D eigenvalue weighted by Gasteiger charge is -2.27. The molecule has 0 aliphatic carbocycles. The van der Waals surface area contributed by atoms with Crippen molar-refractivity contribution < 1.29 is 15.0 Å². The summed E-state index contributed by atoms with van der Waals surface area (Å²) in [6.07, 6.45) is 5.84. The molecule has 0 aromatic heterocycles. The van der Waals surface area contributed by atoms with E-state index in [0.717, 1.165) is 19.3 Å². The molecule has 106 valence electrons. The fourth-order valence-electron chi connectivity index (χ4n) is 2.40. The van der Waals surface area contributed by atoms with Crippen LogP contribution in [0.3, 0.4) is 0 Å². The number of aliphatic hydroxyl groups is 1. The first-order chi connectivity index (χ1) is 9.17. The Balaban J connectivity index is 2.74. The molecule has 0 radical (unpaired) electrons. The van der Waals surface area contributed by atoms with Crippen LogP contribution in [0, 0.1) is 0 Å². The smallest absolute Gasteiger partial charge is 0.316 e. The molecule has 0 fully saturated rings. The zero-order valence-corrected chi connectivity index (χ0v) is 11.6. The molecular formula is C16H24O3. The van der Waals surface area contributed by atoms with Crippen LogP contribution >= 0.6 is 0 Å². The predicted octanol–water partition coefficient (Wildman–Crippen LogP) is 3.36. The van der Waals surface area contributed by atoms with Crippen LogP contribution in [-0.4, -0.2) is 22.8 Å². The average molecular weight is 264 g/mol. The molecule has 3 heteroatoms. The van der Waals surface area contributed by atoms with Gasteiger partial charge >= 0.3 is 5.97 Å². The number of aliphatic hydroxyl groups excluding tert-OH is 1. The number of carboxylic acids is 1. The molecule has 0 aliphatic rings. The van der Waals surface area contributed by atoms with Crippen molar-refractivity contribution >= 4 is 5.97 Å². The normalized spacial score (nSPS) is 14.0. The van der Waals surface area contributed by atoms with Crippen molar-refractivity contribution in [1.82, 2.24) is 0 Å². The lowest BCUT2D eigenvalue weighted by atomic mass is 9.77. The van der Waals surface area contributed by atoms with Crippen LogP contribution in [0.15, 0.2) is 30.3 Å². The zero-order chi connectivity index (χ0) is 14.1. The number of aliphatic carboxylic acids is 1. The van der Waals surface area contributed by atoms with Crippen molar-refractivity contribution in [3.8, 4) is 0 Å². The maximum atomic E-state index is 11.6. The summed E-state index contributed by atoms with van der Waals surface area (Å²) < 4.78 is 0. The summed E-state index contributed by atoms with van der Waals surface area (Å²) in [6.45, 7) is 1.80. The van der Waals surface area contributed by atoms with Crippen molar-refractivity contribution in [2.24, 2.45) is 0 Å². The van der Waals surface area contributed by atoms with Crippen LogP contribution in [0.5, 0.6) is 0 Å². The molecule has 1 atom stereocenters. The lowest BCUT2D eigenvalue weighted by Crippen LogP contribution is -2.39. The van der Waals surface area contributed by atoms with Gasteiger partial charge in [0.05, 0.1) is 6.61 Å². The van der Waals surface area contributed by atoms with Crippen LogP contribution < -0.4 is 0 Å². The monoisotopic (exact) mass is 264 g/mol. The van der Waals surface area contributed by atoms with Gasteiger partial charge in [0.25, 0.3) is 0 Å². The highest BCUT2D eigenvalue weighted by atomic mass is 16.4. The van der Waals surface area contributed by atoms with Crippen molar-refractivity contribution in [1.29, 1.82) is 0 Å². The van der Waals surface area contributed by atoms with E-state index in [-0.39, 0.29) is 6.61 Å². The third kappa shape index (κ3) is 4.06. The minimum atomic E-state index is -1.15. The van der Waals surface area contributed by atoms with Crippen molar-refractivity contribution in [2.75, 3.05) is 6.61 Å². The van der Waals surface area contributed by atoms with Gasteiger partial charge in [0, 0.05) is 0 Å². The third-order valence-corrected chi connectivity index (χ3v) is 3.71. The van der Waals surface area contributed by atoms with Crippen LogP contribution in [-0.2, 0) is 10.2 Å².